The first-order valence-electron chi connectivity index (χ1n) is 3.52. The van der Waals surface area contributed by atoms with E-state index in [-0.39, 0.29) is 6.61 Å². The van der Waals surface area contributed by atoms with Crippen LogP contribution in [0.3, 0.4) is 0 Å². The van der Waals surface area contributed by atoms with E-state index < -0.39 is 0 Å². The molecule has 1 N–H and O–H groups in total. The van der Waals surface area contributed by atoms with Gasteiger partial charge in [0, 0.05) is 5.56 Å². The molecular weight excluding hydrogens is 128 g/mol. The highest BCUT2D eigenvalue weighted by atomic mass is 16.5. The molecule has 0 aliphatic rings. The molecule has 2 heteroatoms. The van der Waals surface area contributed by atoms with Crippen molar-refractivity contribution in [3.8, 4) is 5.75 Å². The summed E-state index contributed by atoms with van der Waals surface area (Å²) < 4.78 is 12.2. The lowest BCUT2D eigenvalue weighted by Gasteiger charge is -2.03. The van der Waals surface area contributed by atoms with Crippen molar-refractivity contribution in [1.82, 2.24) is 0 Å². The van der Waals surface area contributed by atoms with Crippen molar-refractivity contribution < 1.29 is 11.2 Å². The molecule has 1 rings (SSSR count). The molecule has 1 aromatic rings. The number of aliphatic hydroxyl groups is 1. The Hall–Kier alpha value is -1.02. The van der Waals surface area contributed by atoms with E-state index in [2.05, 4.69) is 0 Å². The van der Waals surface area contributed by atoms with Crippen molar-refractivity contribution in [2.75, 3.05) is 7.11 Å². The molecular formula is C8H10O2. The van der Waals surface area contributed by atoms with Crippen LogP contribution in [-0.2, 0) is 6.61 Å². The third kappa shape index (κ3) is 1.28. The monoisotopic (exact) mass is 139 g/mol. The van der Waals surface area contributed by atoms with Gasteiger partial charge in [0.1, 0.15) is 5.75 Å². The molecule has 0 aromatic heterocycles. The van der Waals surface area contributed by atoms with E-state index in [9.17, 15) is 0 Å². The average Bonchev–Trinajstić information content (AvgIpc) is 2.04. The summed E-state index contributed by atoms with van der Waals surface area (Å²) in [6.45, 7) is -0.0874. The average molecular weight is 139 g/mol. The number of benzene rings is 1. The van der Waals surface area contributed by atoms with Crippen LogP contribution in [0, 0.1) is 0 Å². The number of ether oxygens (including phenoxy) is 1. The second-order valence-electron chi connectivity index (χ2n) is 1.90. The van der Waals surface area contributed by atoms with E-state index in [1.165, 1.54) is 7.11 Å². The maximum atomic E-state index is 8.81. The van der Waals surface area contributed by atoms with Gasteiger partial charge in [-0.15, -0.1) is 0 Å². The Morgan fingerprint density at radius 1 is 1.70 bits per heavy atom. The molecule has 0 atom stereocenters. The van der Waals surface area contributed by atoms with Gasteiger partial charge in [-0.05, 0) is 6.07 Å². The second-order valence-corrected chi connectivity index (χ2v) is 1.90. The Labute approximate surface area is 61.5 Å². The second kappa shape index (κ2) is 3.22. The fourth-order valence-electron chi connectivity index (χ4n) is 0.773. The summed E-state index contributed by atoms with van der Waals surface area (Å²) in [4.78, 5) is 0. The smallest absolute Gasteiger partial charge is 0.124 e. The van der Waals surface area contributed by atoms with Crippen molar-refractivity contribution >= 4 is 0 Å². The van der Waals surface area contributed by atoms with Crippen molar-refractivity contribution in [3.63, 3.8) is 0 Å². The number of aliphatic hydroxyl groups excluding tert-OH is 1. The van der Waals surface area contributed by atoms with Gasteiger partial charge in [-0.3, -0.25) is 0 Å². The van der Waals surface area contributed by atoms with Gasteiger partial charge in [-0.2, -0.15) is 0 Å². The Morgan fingerprint density at radius 2 is 2.50 bits per heavy atom. The Morgan fingerprint density at radius 3 is 3.10 bits per heavy atom. The maximum Gasteiger partial charge on any atom is 0.124 e. The molecule has 54 valence electrons. The number of para-hydroxylation sites is 1. The predicted octanol–water partition coefficient (Wildman–Crippen LogP) is 1.19. The van der Waals surface area contributed by atoms with E-state index in [1.807, 2.05) is 0 Å². The molecule has 0 spiro atoms. The number of rotatable bonds is 2. The van der Waals surface area contributed by atoms with Gasteiger partial charge in [0.2, 0.25) is 0 Å². The normalized spacial score (nSPS) is 10.8. The van der Waals surface area contributed by atoms with Crippen LogP contribution in [0.25, 0.3) is 0 Å². The first-order chi connectivity index (χ1) is 5.27. The van der Waals surface area contributed by atoms with Crippen LogP contribution in [0.4, 0.5) is 0 Å². The van der Waals surface area contributed by atoms with Crippen molar-refractivity contribution in [3.05, 3.63) is 29.8 Å². The molecule has 0 aliphatic carbocycles. The largest absolute Gasteiger partial charge is 0.496 e. The maximum absolute atomic E-state index is 8.81. The quantitative estimate of drug-likeness (QED) is 0.666. The summed E-state index contributed by atoms with van der Waals surface area (Å²) in [5.41, 5.74) is 0.653. The minimum atomic E-state index is -0.0874. The van der Waals surface area contributed by atoms with Crippen LogP contribution in [-0.4, -0.2) is 12.2 Å². The van der Waals surface area contributed by atoms with Gasteiger partial charge in [0.15, 0.2) is 0 Å². The zero-order valence-electron chi connectivity index (χ0n) is 6.79. The zero-order valence-corrected chi connectivity index (χ0v) is 5.79. The van der Waals surface area contributed by atoms with Crippen LogP contribution in [0.1, 0.15) is 6.93 Å². The molecule has 0 fully saturated rings. The zero-order chi connectivity index (χ0) is 8.27. The van der Waals surface area contributed by atoms with E-state index in [0.29, 0.717) is 17.4 Å². The van der Waals surface area contributed by atoms with E-state index in [1.54, 1.807) is 18.2 Å². The third-order valence-corrected chi connectivity index (χ3v) is 1.30. The molecule has 0 saturated carbocycles. The lowest BCUT2D eigenvalue weighted by molar-refractivity contribution is 0.274. The number of hydrogen-bond donors (Lipinski definition) is 1. The lowest BCUT2D eigenvalue weighted by atomic mass is 10.2. The Bertz CT molecular complexity index is 248. The van der Waals surface area contributed by atoms with Crippen LogP contribution < -0.4 is 4.74 Å². The summed E-state index contributed by atoms with van der Waals surface area (Å²) in [6, 6.07) is 5.26. The Kier molecular flexibility index (Phi) is 1.85. The predicted molar refractivity (Wildman–Crippen MR) is 38.9 cm³/mol. The fourth-order valence-corrected chi connectivity index (χ4v) is 0.773. The molecule has 0 unspecified atom stereocenters. The molecule has 10 heavy (non-hydrogen) atoms. The van der Waals surface area contributed by atoms with Gasteiger partial charge in [-0.1, -0.05) is 18.2 Å². The van der Waals surface area contributed by atoms with Crippen LogP contribution in [0.5, 0.6) is 5.75 Å². The lowest BCUT2D eigenvalue weighted by Crippen LogP contribution is -1.89. The van der Waals surface area contributed by atoms with Gasteiger partial charge in [0.25, 0.3) is 0 Å². The molecule has 0 saturated heterocycles. The first kappa shape index (κ1) is 5.74. The van der Waals surface area contributed by atoms with Crippen LogP contribution >= 0.6 is 0 Å². The topological polar surface area (TPSA) is 29.5 Å². The van der Waals surface area contributed by atoms with E-state index in [0.717, 1.165) is 0 Å². The summed E-state index contributed by atoms with van der Waals surface area (Å²) in [5.74, 6) is 0.628. The van der Waals surface area contributed by atoms with Crippen LogP contribution in [0.2, 0.25) is 0 Å². The van der Waals surface area contributed by atoms with Gasteiger partial charge in [-0.25, -0.2) is 0 Å². The number of methoxy groups -OCH3 is 1. The molecule has 1 aromatic carbocycles. The highest BCUT2D eigenvalue weighted by molar-refractivity contribution is 5.32. The summed E-state index contributed by atoms with van der Waals surface area (Å²) in [6.07, 6.45) is 0. The van der Waals surface area contributed by atoms with Gasteiger partial charge >= 0.3 is 0 Å². The van der Waals surface area contributed by atoms with Crippen molar-refractivity contribution in [2.24, 2.45) is 0 Å². The standard InChI is InChI=1S/C8H10O2/c1-10-8-5-3-2-4-7(8)6-9/h2-5,9H,6H2,1H3/i2D. The molecule has 0 radical (unpaired) electrons. The minimum absolute atomic E-state index is 0.0874. The summed E-state index contributed by atoms with van der Waals surface area (Å²) >= 11 is 0. The molecule has 0 amide bonds. The number of hydrogen-bond acceptors (Lipinski definition) is 2. The summed E-state index contributed by atoms with van der Waals surface area (Å²) in [7, 11) is 1.54. The highest BCUT2D eigenvalue weighted by Crippen LogP contribution is 2.16. The SMILES string of the molecule is [2H]c1ccc(OC)c(CO)c1. The third-order valence-electron chi connectivity index (χ3n) is 1.30. The summed E-state index contributed by atoms with van der Waals surface area (Å²) in [5, 5.41) is 8.81. The molecule has 0 heterocycles. The first-order valence-corrected chi connectivity index (χ1v) is 3.02. The fraction of sp³-hybridized carbons (Fsp3) is 0.250. The van der Waals surface area contributed by atoms with E-state index >= 15 is 0 Å². The van der Waals surface area contributed by atoms with Gasteiger partial charge in [0.05, 0.1) is 15.1 Å². The Balaban J connectivity index is 3.06. The minimum Gasteiger partial charge on any atom is -0.496 e. The van der Waals surface area contributed by atoms with E-state index in [4.69, 9.17) is 11.2 Å². The molecule has 2 nitrogen and oxygen atoms in total. The van der Waals surface area contributed by atoms with Crippen molar-refractivity contribution in [1.29, 1.82) is 0 Å². The van der Waals surface area contributed by atoms with Crippen molar-refractivity contribution in [2.45, 2.75) is 6.61 Å². The van der Waals surface area contributed by atoms with Crippen LogP contribution in [0.15, 0.2) is 24.2 Å². The highest BCUT2D eigenvalue weighted by Gasteiger charge is 1.96. The molecule has 0 bridgehead atoms. The molecule has 0 aliphatic heterocycles. The van der Waals surface area contributed by atoms with Gasteiger partial charge < -0.3 is 9.84 Å².